The fraction of sp³-hybridized carbons (Fsp3) is 0.579. The molecule has 2 aliphatic rings. The third kappa shape index (κ3) is 3.89. The van der Waals surface area contributed by atoms with Crippen LogP contribution in [0.25, 0.3) is 0 Å². The maximum Gasteiger partial charge on any atom is 0.315 e. The van der Waals surface area contributed by atoms with E-state index in [1.165, 1.54) is 11.1 Å². The molecule has 1 aromatic carbocycles. The second-order valence-corrected chi connectivity index (χ2v) is 7.23. The second kappa shape index (κ2) is 7.24. The summed E-state index contributed by atoms with van der Waals surface area (Å²) in [6.45, 7) is 2.14. The van der Waals surface area contributed by atoms with Crippen molar-refractivity contribution in [1.29, 1.82) is 0 Å². The number of rotatable bonds is 4. The minimum atomic E-state index is -0.713. The normalized spacial score (nSPS) is 29.4. The van der Waals surface area contributed by atoms with Gasteiger partial charge in [0, 0.05) is 12.1 Å². The van der Waals surface area contributed by atoms with Crippen LogP contribution in [0.4, 0.5) is 4.79 Å². The van der Waals surface area contributed by atoms with E-state index < -0.39 is 5.97 Å². The van der Waals surface area contributed by atoms with Crippen molar-refractivity contribution in [2.24, 2.45) is 5.92 Å². The number of hydrogen-bond donors (Lipinski definition) is 3. The van der Waals surface area contributed by atoms with E-state index in [0.29, 0.717) is 18.8 Å². The Bertz CT molecular complexity index is 602. The summed E-state index contributed by atoms with van der Waals surface area (Å²) in [6, 6.07) is 8.68. The molecule has 1 aromatic rings. The number of carboxylic acid groups (broad SMARTS) is 1. The molecule has 0 unspecified atom stereocenters. The van der Waals surface area contributed by atoms with E-state index in [-0.39, 0.29) is 24.0 Å². The van der Waals surface area contributed by atoms with Crippen LogP contribution in [0.3, 0.4) is 0 Å². The first kappa shape index (κ1) is 16.8. The Balaban J connectivity index is 1.38. The van der Waals surface area contributed by atoms with Gasteiger partial charge >= 0.3 is 12.0 Å². The standard InChI is InChI=1S/C19H26N2O3/c1-12-4-2-3-5-17(12)14-10-16(11-14)21-19(24)20-15-8-6-13(7-9-15)18(22)23/h2-5,13-16H,6-11H2,1H3,(H,22,23)(H2,20,21,24). The Morgan fingerprint density at radius 2 is 1.62 bits per heavy atom. The molecule has 0 heterocycles. The summed E-state index contributed by atoms with van der Waals surface area (Å²) in [5, 5.41) is 15.1. The predicted octanol–water partition coefficient (Wildman–Crippen LogP) is 3.18. The third-order valence-corrected chi connectivity index (χ3v) is 5.51. The van der Waals surface area contributed by atoms with Crippen molar-refractivity contribution in [3.8, 4) is 0 Å². The first-order valence-electron chi connectivity index (χ1n) is 8.88. The van der Waals surface area contributed by atoms with Gasteiger partial charge in [-0.1, -0.05) is 24.3 Å². The van der Waals surface area contributed by atoms with Crippen molar-refractivity contribution >= 4 is 12.0 Å². The molecule has 3 N–H and O–H groups in total. The summed E-state index contributed by atoms with van der Waals surface area (Å²) in [7, 11) is 0. The predicted molar refractivity (Wildman–Crippen MR) is 92.0 cm³/mol. The number of carboxylic acids is 1. The fourth-order valence-electron chi connectivity index (χ4n) is 3.93. The van der Waals surface area contributed by atoms with Crippen molar-refractivity contribution in [1.82, 2.24) is 10.6 Å². The van der Waals surface area contributed by atoms with Crippen molar-refractivity contribution in [2.45, 2.75) is 63.5 Å². The molecule has 0 atom stereocenters. The minimum absolute atomic E-state index is 0.104. The maximum atomic E-state index is 12.1. The highest BCUT2D eigenvalue weighted by Gasteiger charge is 2.33. The Hall–Kier alpha value is -2.04. The number of aryl methyl sites for hydroxylation is 1. The number of amides is 2. The van der Waals surface area contributed by atoms with Gasteiger partial charge in [0.25, 0.3) is 0 Å². The van der Waals surface area contributed by atoms with Crippen LogP contribution in [0, 0.1) is 12.8 Å². The lowest BCUT2D eigenvalue weighted by atomic mass is 9.74. The Labute approximate surface area is 142 Å². The summed E-state index contributed by atoms with van der Waals surface area (Å²) in [4.78, 5) is 23.0. The minimum Gasteiger partial charge on any atom is -0.481 e. The fourth-order valence-corrected chi connectivity index (χ4v) is 3.93. The summed E-state index contributed by atoms with van der Waals surface area (Å²) < 4.78 is 0. The average Bonchev–Trinajstić information content (AvgIpc) is 2.52. The number of carbonyl (C=O) groups is 2. The van der Waals surface area contributed by atoms with Gasteiger partial charge in [0.15, 0.2) is 0 Å². The molecule has 0 aromatic heterocycles. The van der Waals surface area contributed by atoms with Crippen LogP contribution in [0.5, 0.6) is 0 Å². The first-order chi connectivity index (χ1) is 11.5. The summed E-state index contributed by atoms with van der Waals surface area (Å²) >= 11 is 0. The van der Waals surface area contributed by atoms with Crippen molar-refractivity contribution < 1.29 is 14.7 Å². The van der Waals surface area contributed by atoms with Gasteiger partial charge < -0.3 is 15.7 Å². The van der Waals surface area contributed by atoms with E-state index in [2.05, 4.69) is 41.8 Å². The van der Waals surface area contributed by atoms with Gasteiger partial charge in [0.2, 0.25) is 0 Å². The molecule has 0 aliphatic heterocycles. The molecule has 0 radical (unpaired) electrons. The molecule has 5 heteroatoms. The summed E-state index contributed by atoms with van der Waals surface area (Å²) in [5.41, 5.74) is 2.71. The zero-order valence-corrected chi connectivity index (χ0v) is 14.1. The topological polar surface area (TPSA) is 78.4 Å². The molecule has 2 fully saturated rings. The number of carbonyl (C=O) groups excluding carboxylic acids is 1. The van der Waals surface area contributed by atoms with Gasteiger partial charge in [-0.2, -0.15) is 0 Å². The van der Waals surface area contributed by atoms with Crippen LogP contribution < -0.4 is 10.6 Å². The van der Waals surface area contributed by atoms with E-state index in [1.54, 1.807) is 0 Å². The van der Waals surface area contributed by atoms with Crippen LogP contribution in [0.1, 0.15) is 55.6 Å². The molecule has 2 amide bonds. The van der Waals surface area contributed by atoms with E-state index in [1.807, 2.05) is 0 Å². The Morgan fingerprint density at radius 1 is 1.00 bits per heavy atom. The molecule has 2 saturated carbocycles. The van der Waals surface area contributed by atoms with Gasteiger partial charge in [-0.3, -0.25) is 4.79 Å². The third-order valence-electron chi connectivity index (χ3n) is 5.51. The highest BCUT2D eigenvalue weighted by molar-refractivity contribution is 5.75. The average molecular weight is 330 g/mol. The second-order valence-electron chi connectivity index (χ2n) is 7.23. The first-order valence-corrected chi connectivity index (χ1v) is 8.88. The van der Waals surface area contributed by atoms with Gasteiger partial charge in [0.1, 0.15) is 0 Å². The number of urea groups is 1. The van der Waals surface area contributed by atoms with Crippen molar-refractivity contribution in [2.75, 3.05) is 0 Å². The monoisotopic (exact) mass is 330 g/mol. The summed E-state index contributed by atoms with van der Waals surface area (Å²) in [6.07, 6.45) is 4.79. The van der Waals surface area contributed by atoms with Crippen molar-refractivity contribution in [3.05, 3.63) is 35.4 Å². The lowest BCUT2D eigenvalue weighted by Crippen LogP contribution is -2.51. The largest absolute Gasteiger partial charge is 0.481 e. The zero-order valence-electron chi connectivity index (χ0n) is 14.1. The SMILES string of the molecule is Cc1ccccc1C1CC(NC(=O)NC2CCC(C(=O)O)CC2)C1. The molecule has 5 nitrogen and oxygen atoms in total. The lowest BCUT2D eigenvalue weighted by molar-refractivity contribution is -0.142. The van der Waals surface area contributed by atoms with E-state index >= 15 is 0 Å². The molecule has 130 valence electrons. The molecular weight excluding hydrogens is 304 g/mol. The Morgan fingerprint density at radius 3 is 2.25 bits per heavy atom. The Kier molecular flexibility index (Phi) is 5.07. The van der Waals surface area contributed by atoms with Crippen LogP contribution in [-0.2, 0) is 4.79 Å². The van der Waals surface area contributed by atoms with Crippen molar-refractivity contribution in [3.63, 3.8) is 0 Å². The van der Waals surface area contributed by atoms with Crippen LogP contribution >= 0.6 is 0 Å². The number of benzene rings is 1. The lowest BCUT2D eigenvalue weighted by Gasteiger charge is -2.37. The van der Waals surface area contributed by atoms with E-state index in [0.717, 1.165) is 25.7 Å². The van der Waals surface area contributed by atoms with Gasteiger partial charge in [-0.25, -0.2) is 4.79 Å². The quantitative estimate of drug-likeness (QED) is 0.793. The smallest absolute Gasteiger partial charge is 0.315 e. The zero-order chi connectivity index (χ0) is 17.1. The highest BCUT2D eigenvalue weighted by atomic mass is 16.4. The molecule has 0 bridgehead atoms. The highest BCUT2D eigenvalue weighted by Crippen LogP contribution is 2.38. The van der Waals surface area contributed by atoms with Crippen LogP contribution in [0.2, 0.25) is 0 Å². The maximum absolute atomic E-state index is 12.1. The number of hydrogen-bond acceptors (Lipinski definition) is 2. The molecule has 24 heavy (non-hydrogen) atoms. The van der Waals surface area contributed by atoms with E-state index in [9.17, 15) is 9.59 Å². The number of aliphatic carboxylic acids is 1. The summed E-state index contributed by atoms with van der Waals surface area (Å²) in [5.74, 6) is -0.412. The van der Waals surface area contributed by atoms with Gasteiger partial charge in [0.05, 0.1) is 5.92 Å². The van der Waals surface area contributed by atoms with Gasteiger partial charge in [-0.05, 0) is 62.5 Å². The molecule has 0 spiro atoms. The molecule has 3 rings (SSSR count). The molecule has 2 aliphatic carbocycles. The number of nitrogens with one attached hydrogen (secondary N) is 2. The molecule has 0 saturated heterocycles. The van der Waals surface area contributed by atoms with Crippen LogP contribution in [-0.4, -0.2) is 29.2 Å². The van der Waals surface area contributed by atoms with E-state index in [4.69, 9.17) is 5.11 Å². The molecular formula is C19H26N2O3. The van der Waals surface area contributed by atoms with Crippen LogP contribution in [0.15, 0.2) is 24.3 Å². The van der Waals surface area contributed by atoms with Gasteiger partial charge in [-0.15, -0.1) is 0 Å².